The van der Waals surface area contributed by atoms with Crippen LogP contribution in [0.25, 0.3) is 0 Å². The number of fused-ring (bicyclic) bond motifs is 8. The number of nitro benzene ring substituents is 2. The van der Waals surface area contributed by atoms with E-state index in [1.54, 1.807) is 0 Å². The van der Waals surface area contributed by atoms with Crippen molar-refractivity contribution in [2.24, 2.45) is 0 Å². The largest absolute Gasteiger partial charge is 0.454 e. The lowest BCUT2D eigenvalue weighted by Gasteiger charge is -2.34. The predicted molar refractivity (Wildman–Crippen MR) is 122 cm³/mol. The van der Waals surface area contributed by atoms with Gasteiger partial charge in [0.1, 0.15) is 6.10 Å². The van der Waals surface area contributed by atoms with E-state index in [-0.39, 0.29) is 24.3 Å². The molecule has 3 aliphatic heterocycles. The first-order chi connectivity index (χ1) is 17.3. The minimum atomic E-state index is -0.894. The zero-order chi connectivity index (χ0) is 25.1. The predicted octanol–water partition coefficient (Wildman–Crippen LogP) is 3.08. The molecule has 0 spiro atoms. The number of non-ortho nitro benzene ring substituents is 2. The van der Waals surface area contributed by atoms with Gasteiger partial charge in [0.05, 0.1) is 27.6 Å². The van der Waals surface area contributed by atoms with Crippen LogP contribution in [0, 0.1) is 20.2 Å². The summed E-state index contributed by atoms with van der Waals surface area (Å²) >= 11 is 0. The van der Waals surface area contributed by atoms with Crippen molar-refractivity contribution < 1.29 is 33.6 Å². The molecule has 0 N–H and O–H groups in total. The van der Waals surface area contributed by atoms with E-state index in [0.29, 0.717) is 12.2 Å². The van der Waals surface area contributed by atoms with Crippen molar-refractivity contribution in [3.63, 3.8) is 0 Å². The molecule has 12 heteroatoms. The molecular weight excluding hydrogens is 474 g/mol. The van der Waals surface area contributed by atoms with E-state index >= 15 is 0 Å². The van der Waals surface area contributed by atoms with Crippen LogP contribution < -0.4 is 9.47 Å². The number of rotatable bonds is 5. The van der Waals surface area contributed by atoms with E-state index in [9.17, 15) is 25.0 Å². The van der Waals surface area contributed by atoms with Crippen LogP contribution in [0.5, 0.6) is 11.5 Å². The number of nitro groups is 2. The molecule has 12 nitrogen and oxygen atoms in total. The average molecular weight is 495 g/mol. The Morgan fingerprint density at radius 2 is 1.75 bits per heavy atom. The Kier molecular flexibility index (Phi) is 5.16. The molecule has 186 valence electrons. The van der Waals surface area contributed by atoms with Gasteiger partial charge in [-0.1, -0.05) is 0 Å². The number of methoxy groups -OCH3 is 1. The Hall–Kier alpha value is -4.03. The third-order valence-corrected chi connectivity index (χ3v) is 7.31. The van der Waals surface area contributed by atoms with E-state index in [0.717, 1.165) is 53.7 Å². The van der Waals surface area contributed by atoms with Crippen LogP contribution in [-0.4, -0.2) is 59.4 Å². The summed E-state index contributed by atoms with van der Waals surface area (Å²) in [5, 5.41) is 22.4. The summed E-state index contributed by atoms with van der Waals surface area (Å²) < 4.78 is 22.5. The van der Waals surface area contributed by atoms with Gasteiger partial charge < -0.3 is 18.9 Å². The molecule has 1 unspecified atom stereocenters. The number of benzene rings is 2. The van der Waals surface area contributed by atoms with Crippen LogP contribution >= 0.6 is 0 Å². The summed E-state index contributed by atoms with van der Waals surface area (Å²) in [6, 6.07) is 6.91. The summed E-state index contributed by atoms with van der Waals surface area (Å²) in [7, 11) is 1.53. The van der Waals surface area contributed by atoms with Crippen molar-refractivity contribution in [3.8, 4) is 11.5 Å². The number of esters is 1. The minimum absolute atomic E-state index is 0.0890. The van der Waals surface area contributed by atoms with Gasteiger partial charge in [-0.3, -0.25) is 25.1 Å². The summed E-state index contributed by atoms with van der Waals surface area (Å²) in [6.07, 6.45) is 1.28. The van der Waals surface area contributed by atoms with Crippen LogP contribution in [0.4, 0.5) is 11.4 Å². The fourth-order valence-corrected chi connectivity index (χ4v) is 5.66. The zero-order valence-electron chi connectivity index (χ0n) is 19.1. The number of hydrogen-bond donors (Lipinski definition) is 0. The van der Waals surface area contributed by atoms with E-state index < -0.39 is 39.4 Å². The zero-order valence-corrected chi connectivity index (χ0v) is 19.1. The fourth-order valence-electron chi connectivity index (χ4n) is 5.66. The molecule has 2 bridgehead atoms. The maximum atomic E-state index is 13.0. The van der Waals surface area contributed by atoms with E-state index in [2.05, 4.69) is 4.90 Å². The van der Waals surface area contributed by atoms with Gasteiger partial charge in [-0.05, 0) is 41.3 Å². The van der Waals surface area contributed by atoms with Crippen LogP contribution in [0.3, 0.4) is 0 Å². The molecule has 0 saturated carbocycles. The lowest BCUT2D eigenvalue weighted by molar-refractivity contribution is -0.394. The molecule has 4 aliphatic rings. The SMILES string of the molecule is CO[C@H]1C[C@H]2C(=C[C@@H]1OC(=O)c1cc([N+](=O)[O-])cc([N+](=O)[O-])c1)[C@H]1CN2Cc2cc3c(cc21)OCO3. The van der Waals surface area contributed by atoms with E-state index in [1.165, 1.54) is 7.11 Å². The highest BCUT2D eigenvalue weighted by Crippen LogP contribution is 2.50. The maximum absolute atomic E-state index is 13.0. The van der Waals surface area contributed by atoms with Crippen molar-refractivity contribution in [2.45, 2.75) is 37.1 Å². The van der Waals surface area contributed by atoms with Gasteiger partial charge in [0, 0.05) is 44.3 Å². The smallest absolute Gasteiger partial charge is 0.339 e. The van der Waals surface area contributed by atoms with Gasteiger partial charge >= 0.3 is 5.97 Å². The average Bonchev–Trinajstić information content (AvgIpc) is 3.44. The highest BCUT2D eigenvalue weighted by molar-refractivity contribution is 5.91. The van der Waals surface area contributed by atoms with Gasteiger partial charge in [0.2, 0.25) is 6.79 Å². The second-order valence-electron chi connectivity index (χ2n) is 9.20. The highest BCUT2D eigenvalue weighted by atomic mass is 16.7. The maximum Gasteiger partial charge on any atom is 0.339 e. The number of carbonyl (C=O) groups is 1. The molecule has 1 aliphatic carbocycles. The molecule has 2 aromatic carbocycles. The molecular formula is C24H21N3O9. The molecule has 0 aromatic heterocycles. The Bertz CT molecular complexity index is 1310. The second kappa shape index (κ2) is 8.28. The standard InChI is InChI=1S/C24H21N3O9/c1-33-20-8-19-17(18-10-25(19)9-13-4-21-22(6-16(13)18)35-11-34-21)7-23(20)36-24(28)12-2-14(26(29)30)5-15(3-12)27(31)32/h2-7,18-20,23H,8-11H2,1H3/t18-,19-,20-,23-/m0/s1. The lowest BCUT2D eigenvalue weighted by Crippen LogP contribution is -2.42. The highest BCUT2D eigenvalue weighted by Gasteiger charge is 2.47. The third-order valence-electron chi connectivity index (χ3n) is 7.31. The monoisotopic (exact) mass is 495 g/mol. The molecule has 5 atom stereocenters. The Morgan fingerprint density at radius 3 is 2.42 bits per heavy atom. The Morgan fingerprint density at radius 1 is 1.06 bits per heavy atom. The number of nitrogens with zero attached hydrogens (tertiary/aromatic N) is 3. The van der Waals surface area contributed by atoms with Crippen LogP contribution in [-0.2, 0) is 16.0 Å². The lowest BCUT2D eigenvalue weighted by atomic mass is 9.82. The first kappa shape index (κ1) is 22.4. The molecule has 3 heterocycles. The van der Waals surface area contributed by atoms with Crippen LogP contribution in [0.15, 0.2) is 42.0 Å². The summed E-state index contributed by atoms with van der Waals surface area (Å²) in [4.78, 5) is 36.2. The van der Waals surface area contributed by atoms with Crippen molar-refractivity contribution in [3.05, 3.63) is 78.9 Å². The quantitative estimate of drug-likeness (QED) is 0.263. The topological polar surface area (TPSA) is 144 Å². The van der Waals surface area contributed by atoms with E-state index in [4.69, 9.17) is 18.9 Å². The van der Waals surface area contributed by atoms with Gasteiger partial charge in [-0.2, -0.15) is 0 Å². The first-order valence-electron chi connectivity index (χ1n) is 11.4. The van der Waals surface area contributed by atoms with Crippen LogP contribution in [0.2, 0.25) is 0 Å². The molecule has 36 heavy (non-hydrogen) atoms. The van der Waals surface area contributed by atoms with Gasteiger partial charge in [-0.25, -0.2) is 4.79 Å². The normalized spacial score (nSPS) is 27.0. The number of carbonyl (C=O) groups excluding carboxylic acids is 1. The van der Waals surface area contributed by atoms with Crippen molar-refractivity contribution in [1.29, 1.82) is 0 Å². The number of hydrogen-bond acceptors (Lipinski definition) is 10. The van der Waals surface area contributed by atoms with Gasteiger partial charge in [0.15, 0.2) is 11.5 Å². The van der Waals surface area contributed by atoms with Gasteiger partial charge in [-0.15, -0.1) is 0 Å². The molecule has 6 rings (SSSR count). The molecule has 0 radical (unpaired) electrons. The summed E-state index contributed by atoms with van der Waals surface area (Å²) in [5.41, 5.74) is 2.04. The van der Waals surface area contributed by atoms with E-state index in [1.807, 2.05) is 18.2 Å². The Labute approximate surface area is 204 Å². The van der Waals surface area contributed by atoms with Crippen molar-refractivity contribution in [1.82, 2.24) is 4.90 Å². The molecule has 2 aromatic rings. The summed E-state index contributed by atoms with van der Waals surface area (Å²) in [5.74, 6) is 0.647. The molecule has 0 amide bonds. The number of ether oxygens (including phenoxy) is 4. The minimum Gasteiger partial charge on any atom is -0.454 e. The van der Waals surface area contributed by atoms with Crippen molar-refractivity contribution in [2.75, 3.05) is 20.4 Å². The molecule has 1 saturated heterocycles. The fraction of sp³-hybridized carbons (Fsp3) is 0.375. The van der Waals surface area contributed by atoms with Gasteiger partial charge in [0.25, 0.3) is 11.4 Å². The third kappa shape index (κ3) is 3.57. The first-order valence-corrected chi connectivity index (χ1v) is 11.4. The second-order valence-corrected chi connectivity index (χ2v) is 9.20. The van der Waals surface area contributed by atoms with Crippen LogP contribution in [0.1, 0.15) is 33.8 Å². The summed E-state index contributed by atoms with van der Waals surface area (Å²) in [6.45, 7) is 1.77. The Balaban J connectivity index is 1.32. The van der Waals surface area contributed by atoms with Crippen molar-refractivity contribution >= 4 is 17.3 Å². The molecule has 1 fully saturated rings.